The lowest BCUT2D eigenvalue weighted by molar-refractivity contribution is 0.111. The summed E-state index contributed by atoms with van der Waals surface area (Å²) in [6.07, 6.45) is 4.62. The molecule has 6 heteroatoms. The van der Waals surface area contributed by atoms with Gasteiger partial charge in [-0.2, -0.15) is 5.26 Å². The number of rotatable bonds is 4. The van der Waals surface area contributed by atoms with Gasteiger partial charge in [0.1, 0.15) is 12.0 Å². The van der Waals surface area contributed by atoms with Crippen molar-refractivity contribution in [3.63, 3.8) is 0 Å². The molecule has 2 heterocycles. The van der Waals surface area contributed by atoms with E-state index in [2.05, 4.69) is 21.3 Å². The second-order valence-corrected chi connectivity index (χ2v) is 6.24. The highest BCUT2D eigenvalue weighted by Crippen LogP contribution is 2.41. The van der Waals surface area contributed by atoms with E-state index in [1.165, 1.54) is 0 Å². The molecule has 0 bridgehead atoms. The van der Waals surface area contributed by atoms with Crippen LogP contribution in [0.1, 0.15) is 40.5 Å². The van der Waals surface area contributed by atoms with Gasteiger partial charge in [-0.1, -0.05) is 6.07 Å². The Morgan fingerprint density at radius 2 is 2.08 bits per heavy atom. The summed E-state index contributed by atoms with van der Waals surface area (Å²) in [6, 6.07) is 11.4. The Hall–Kier alpha value is -3.33. The molecular weight excluding hydrogens is 314 g/mol. The first-order valence-corrected chi connectivity index (χ1v) is 8.05. The molecule has 0 unspecified atom stereocenters. The number of carbonyl (C=O) groups is 1. The maximum Gasteiger partial charge on any atom is 0.168 e. The maximum absolute atomic E-state index is 11.3. The zero-order valence-corrected chi connectivity index (χ0v) is 13.7. The molecule has 1 aromatic carbocycles. The van der Waals surface area contributed by atoms with Crippen LogP contribution in [0.15, 0.2) is 36.7 Å². The fourth-order valence-electron chi connectivity index (χ4n) is 2.96. The summed E-state index contributed by atoms with van der Waals surface area (Å²) in [5, 5.41) is 17.4. The molecule has 2 aromatic heterocycles. The molecule has 0 radical (unpaired) electrons. The Labute approximate surface area is 144 Å². The highest BCUT2D eigenvalue weighted by atomic mass is 16.1. The van der Waals surface area contributed by atoms with Crippen molar-refractivity contribution in [3.8, 4) is 28.6 Å². The molecule has 1 fully saturated rings. The predicted molar refractivity (Wildman–Crippen MR) is 91.7 cm³/mol. The Bertz CT molecular complexity index is 1010. The molecule has 1 saturated carbocycles. The van der Waals surface area contributed by atoms with Crippen LogP contribution in [0.5, 0.6) is 0 Å². The van der Waals surface area contributed by atoms with Crippen LogP contribution >= 0.6 is 0 Å². The van der Waals surface area contributed by atoms with E-state index in [1.807, 2.05) is 23.7 Å². The molecule has 0 N–H and O–H groups in total. The van der Waals surface area contributed by atoms with Crippen LogP contribution in [0.4, 0.5) is 0 Å². The van der Waals surface area contributed by atoms with Crippen molar-refractivity contribution in [1.29, 1.82) is 5.26 Å². The molecule has 122 valence electrons. The third-order valence-corrected chi connectivity index (χ3v) is 4.39. The van der Waals surface area contributed by atoms with E-state index in [0.29, 0.717) is 23.0 Å². The summed E-state index contributed by atoms with van der Waals surface area (Å²) in [5.41, 5.74) is 4.54. The van der Waals surface area contributed by atoms with Gasteiger partial charge < -0.3 is 4.57 Å². The van der Waals surface area contributed by atoms with E-state index in [1.54, 1.807) is 24.5 Å². The number of carbonyl (C=O) groups excluding carboxylic acids is 1. The van der Waals surface area contributed by atoms with Crippen molar-refractivity contribution < 1.29 is 4.79 Å². The lowest BCUT2D eigenvalue weighted by Crippen LogP contribution is -1.98. The predicted octanol–water partition coefficient (Wildman–Crippen LogP) is 3.11. The zero-order valence-electron chi connectivity index (χ0n) is 13.7. The first kappa shape index (κ1) is 15.2. The van der Waals surface area contributed by atoms with Crippen molar-refractivity contribution in [2.75, 3.05) is 0 Å². The Morgan fingerprint density at radius 1 is 1.24 bits per heavy atom. The van der Waals surface area contributed by atoms with Gasteiger partial charge in [0.05, 0.1) is 11.6 Å². The lowest BCUT2D eigenvalue weighted by atomic mass is 9.96. The number of aromatic nitrogens is 4. The van der Waals surface area contributed by atoms with E-state index >= 15 is 0 Å². The zero-order chi connectivity index (χ0) is 17.4. The first-order chi connectivity index (χ1) is 12.2. The van der Waals surface area contributed by atoms with E-state index < -0.39 is 0 Å². The maximum atomic E-state index is 11.3. The van der Waals surface area contributed by atoms with Gasteiger partial charge in [0.25, 0.3) is 0 Å². The minimum absolute atomic E-state index is 0.424. The van der Waals surface area contributed by atoms with Crippen LogP contribution in [-0.2, 0) is 7.05 Å². The smallest absolute Gasteiger partial charge is 0.168 e. The van der Waals surface area contributed by atoms with Gasteiger partial charge in [-0.05, 0) is 48.2 Å². The molecule has 3 aromatic rings. The van der Waals surface area contributed by atoms with Crippen LogP contribution < -0.4 is 0 Å². The molecule has 25 heavy (non-hydrogen) atoms. The van der Waals surface area contributed by atoms with Gasteiger partial charge in [-0.25, -0.2) is 4.98 Å². The third kappa shape index (κ3) is 2.81. The summed E-state index contributed by atoms with van der Waals surface area (Å²) in [7, 11) is 1.86. The van der Waals surface area contributed by atoms with Gasteiger partial charge in [0.15, 0.2) is 12.1 Å². The van der Waals surface area contributed by atoms with Crippen molar-refractivity contribution in [1.82, 2.24) is 19.7 Å². The molecule has 0 spiro atoms. The van der Waals surface area contributed by atoms with Crippen LogP contribution in [0.2, 0.25) is 0 Å². The van der Waals surface area contributed by atoms with E-state index in [9.17, 15) is 10.1 Å². The van der Waals surface area contributed by atoms with Crippen LogP contribution in [0.25, 0.3) is 22.5 Å². The third-order valence-electron chi connectivity index (χ3n) is 4.39. The van der Waals surface area contributed by atoms with Gasteiger partial charge in [0.2, 0.25) is 0 Å². The summed E-state index contributed by atoms with van der Waals surface area (Å²) in [6.45, 7) is 0. The number of benzene rings is 1. The molecule has 1 aliphatic rings. The van der Waals surface area contributed by atoms with Crippen LogP contribution in [0.3, 0.4) is 0 Å². The SMILES string of the molecule is Cn1cnnc1-c1cc(C#N)ccc1-c1cc(C=O)nc(C2CC2)c1. The average molecular weight is 329 g/mol. The Kier molecular flexibility index (Phi) is 3.62. The average Bonchev–Trinajstić information content (AvgIpc) is 3.42. The van der Waals surface area contributed by atoms with Crippen LogP contribution in [0, 0.1) is 11.3 Å². The topological polar surface area (TPSA) is 84.5 Å². The molecule has 1 aliphatic carbocycles. The summed E-state index contributed by atoms with van der Waals surface area (Å²) < 4.78 is 1.81. The highest BCUT2D eigenvalue weighted by molar-refractivity contribution is 5.84. The van der Waals surface area contributed by atoms with Crippen molar-refractivity contribution in [2.45, 2.75) is 18.8 Å². The second kappa shape index (κ2) is 5.95. The monoisotopic (exact) mass is 329 g/mol. The van der Waals surface area contributed by atoms with Gasteiger partial charge >= 0.3 is 0 Å². The van der Waals surface area contributed by atoms with E-state index in [-0.39, 0.29) is 0 Å². The largest absolute Gasteiger partial charge is 0.317 e. The molecule has 0 atom stereocenters. The molecule has 4 rings (SSSR count). The minimum atomic E-state index is 0.424. The number of nitrogens with zero attached hydrogens (tertiary/aromatic N) is 5. The summed E-state index contributed by atoms with van der Waals surface area (Å²) in [4.78, 5) is 15.8. The minimum Gasteiger partial charge on any atom is -0.317 e. The molecule has 0 amide bonds. The first-order valence-electron chi connectivity index (χ1n) is 8.05. The normalized spacial score (nSPS) is 13.4. The van der Waals surface area contributed by atoms with Gasteiger partial charge in [-0.15, -0.1) is 10.2 Å². The fourth-order valence-corrected chi connectivity index (χ4v) is 2.96. The summed E-state index contributed by atoms with van der Waals surface area (Å²) in [5.74, 6) is 1.11. The standard InChI is InChI=1S/C19H15N5O/c1-24-11-21-23-19(24)17-6-12(9-20)2-5-16(17)14-7-15(10-25)22-18(8-14)13-3-4-13/h2,5-8,10-11,13H,3-4H2,1H3. The quantitative estimate of drug-likeness (QED) is 0.687. The number of hydrogen-bond donors (Lipinski definition) is 0. The number of nitriles is 1. The molecule has 0 saturated heterocycles. The molecule has 0 aliphatic heterocycles. The van der Waals surface area contributed by atoms with Gasteiger partial charge in [-0.3, -0.25) is 4.79 Å². The number of hydrogen-bond acceptors (Lipinski definition) is 5. The Morgan fingerprint density at radius 3 is 2.72 bits per heavy atom. The lowest BCUT2D eigenvalue weighted by Gasteiger charge is -2.12. The molecular formula is C19H15N5O. The second-order valence-electron chi connectivity index (χ2n) is 6.24. The van der Waals surface area contributed by atoms with Crippen molar-refractivity contribution in [2.24, 2.45) is 7.05 Å². The molecule has 6 nitrogen and oxygen atoms in total. The van der Waals surface area contributed by atoms with Gasteiger partial charge in [0, 0.05) is 24.2 Å². The van der Waals surface area contributed by atoms with Crippen LogP contribution in [-0.4, -0.2) is 26.0 Å². The summed E-state index contributed by atoms with van der Waals surface area (Å²) >= 11 is 0. The van der Waals surface area contributed by atoms with E-state index in [4.69, 9.17) is 0 Å². The number of aldehydes is 1. The fraction of sp³-hybridized carbons (Fsp3) is 0.211. The Balaban J connectivity index is 1.94. The van der Waals surface area contributed by atoms with Crippen molar-refractivity contribution in [3.05, 3.63) is 53.6 Å². The van der Waals surface area contributed by atoms with E-state index in [0.717, 1.165) is 41.5 Å². The van der Waals surface area contributed by atoms with Crippen molar-refractivity contribution >= 4 is 6.29 Å². The number of pyridine rings is 1. The highest BCUT2D eigenvalue weighted by Gasteiger charge is 2.26. The number of aryl methyl sites for hydroxylation is 1.